The summed E-state index contributed by atoms with van der Waals surface area (Å²) in [5.74, 6) is 0.537. The van der Waals surface area contributed by atoms with Crippen molar-refractivity contribution < 1.29 is 9.59 Å². The van der Waals surface area contributed by atoms with Crippen LogP contribution in [0, 0.1) is 32.6 Å². The molecule has 0 saturated carbocycles. The third-order valence-corrected chi connectivity index (χ3v) is 6.16. The number of piperidine rings is 1. The molecule has 2 heterocycles. The lowest BCUT2D eigenvalue weighted by molar-refractivity contribution is -0.120. The minimum atomic E-state index is -0.224. The molecular formula is C26H30N2O2. The summed E-state index contributed by atoms with van der Waals surface area (Å²) in [5, 5.41) is 0. The smallest absolute Gasteiger partial charge is 0.282 e. The van der Waals surface area contributed by atoms with E-state index in [-0.39, 0.29) is 11.8 Å². The average molecular weight is 403 g/mol. The Balaban J connectivity index is 1.88. The Bertz CT molecular complexity index is 1040. The fourth-order valence-electron chi connectivity index (χ4n) is 5.00. The number of amides is 2. The first kappa shape index (κ1) is 20.4. The van der Waals surface area contributed by atoms with Gasteiger partial charge in [0.15, 0.2) is 0 Å². The van der Waals surface area contributed by atoms with Crippen LogP contribution in [0.3, 0.4) is 0 Å². The highest BCUT2D eigenvalue weighted by Crippen LogP contribution is 2.38. The van der Waals surface area contributed by atoms with Gasteiger partial charge in [0.1, 0.15) is 5.70 Å². The molecule has 4 rings (SSSR count). The van der Waals surface area contributed by atoms with Crippen LogP contribution in [0.1, 0.15) is 42.5 Å². The topological polar surface area (TPSA) is 40.6 Å². The van der Waals surface area contributed by atoms with Crippen LogP contribution in [-0.4, -0.2) is 29.8 Å². The predicted octanol–water partition coefficient (Wildman–Crippen LogP) is 4.87. The molecule has 2 aromatic rings. The van der Waals surface area contributed by atoms with E-state index in [4.69, 9.17) is 0 Å². The first-order chi connectivity index (χ1) is 14.3. The summed E-state index contributed by atoms with van der Waals surface area (Å²) < 4.78 is 0. The third kappa shape index (κ3) is 3.55. The van der Waals surface area contributed by atoms with E-state index in [0.29, 0.717) is 28.8 Å². The number of benzene rings is 2. The fraction of sp³-hybridized carbons (Fsp3) is 0.385. The zero-order valence-corrected chi connectivity index (χ0v) is 18.5. The van der Waals surface area contributed by atoms with Crippen molar-refractivity contribution in [3.63, 3.8) is 0 Å². The molecule has 4 heteroatoms. The summed E-state index contributed by atoms with van der Waals surface area (Å²) in [5.41, 5.74) is 5.79. The van der Waals surface area contributed by atoms with Gasteiger partial charge in [0.2, 0.25) is 0 Å². The molecule has 2 aliphatic rings. The second-order valence-corrected chi connectivity index (χ2v) is 9.18. The molecule has 0 aliphatic carbocycles. The van der Waals surface area contributed by atoms with E-state index in [1.54, 1.807) is 0 Å². The summed E-state index contributed by atoms with van der Waals surface area (Å²) in [7, 11) is 0. The Labute approximate surface area is 179 Å². The Hall–Kier alpha value is -2.88. The minimum absolute atomic E-state index is 0.207. The van der Waals surface area contributed by atoms with Crippen molar-refractivity contribution >= 4 is 23.1 Å². The van der Waals surface area contributed by atoms with Crippen LogP contribution in [0.15, 0.2) is 48.2 Å². The van der Waals surface area contributed by atoms with Gasteiger partial charge in [-0.1, -0.05) is 49.7 Å². The van der Waals surface area contributed by atoms with Crippen LogP contribution < -0.4 is 4.90 Å². The zero-order chi connectivity index (χ0) is 21.6. The van der Waals surface area contributed by atoms with E-state index < -0.39 is 0 Å². The number of carbonyl (C=O) groups is 2. The highest BCUT2D eigenvalue weighted by Gasteiger charge is 2.44. The monoisotopic (exact) mass is 402 g/mol. The molecule has 0 bridgehead atoms. The molecule has 0 aromatic heterocycles. The largest absolute Gasteiger partial charge is 0.366 e. The summed E-state index contributed by atoms with van der Waals surface area (Å²) in [6, 6.07) is 13.7. The van der Waals surface area contributed by atoms with Crippen molar-refractivity contribution in [2.24, 2.45) is 11.8 Å². The van der Waals surface area contributed by atoms with E-state index in [1.165, 1.54) is 4.90 Å². The second kappa shape index (κ2) is 7.75. The van der Waals surface area contributed by atoms with E-state index >= 15 is 0 Å². The lowest BCUT2D eigenvalue weighted by atomic mass is 9.90. The van der Waals surface area contributed by atoms with Crippen LogP contribution >= 0.6 is 0 Å². The van der Waals surface area contributed by atoms with E-state index in [0.717, 1.165) is 41.8 Å². The van der Waals surface area contributed by atoms with Crippen molar-refractivity contribution in [2.45, 2.75) is 41.0 Å². The first-order valence-electron chi connectivity index (χ1n) is 10.8. The van der Waals surface area contributed by atoms with Gasteiger partial charge in [0, 0.05) is 13.1 Å². The molecule has 0 spiro atoms. The molecule has 1 fully saturated rings. The van der Waals surface area contributed by atoms with Crippen LogP contribution in [0.4, 0.5) is 5.69 Å². The van der Waals surface area contributed by atoms with E-state index in [9.17, 15) is 9.59 Å². The molecule has 1 saturated heterocycles. The van der Waals surface area contributed by atoms with Gasteiger partial charge in [-0.25, -0.2) is 4.90 Å². The second-order valence-electron chi connectivity index (χ2n) is 9.18. The summed E-state index contributed by atoms with van der Waals surface area (Å²) in [4.78, 5) is 30.9. The molecule has 156 valence electrons. The van der Waals surface area contributed by atoms with Crippen molar-refractivity contribution in [1.82, 2.24) is 4.90 Å². The predicted molar refractivity (Wildman–Crippen MR) is 121 cm³/mol. The van der Waals surface area contributed by atoms with Gasteiger partial charge >= 0.3 is 0 Å². The Morgan fingerprint density at radius 2 is 1.50 bits per heavy atom. The first-order valence-corrected chi connectivity index (χ1v) is 10.8. The molecule has 2 unspecified atom stereocenters. The minimum Gasteiger partial charge on any atom is -0.366 e. The maximum Gasteiger partial charge on any atom is 0.282 e. The van der Waals surface area contributed by atoms with Crippen molar-refractivity contribution in [1.29, 1.82) is 0 Å². The Morgan fingerprint density at radius 3 is 2.13 bits per heavy atom. The molecule has 4 nitrogen and oxygen atoms in total. The van der Waals surface area contributed by atoms with Crippen LogP contribution in [0.2, 0.25) is 0 Å². The Kier molecular flexibility index (Phi) is 5.27. The van der Waals surface area contributed by atoms with Gasteiger partial charge in [0.25, 0.3) is 11.8 Å². The van der Waals surface area contributed by atoms with Gasteiger partial charge in [0.05, 0.1) is 11.3 Å². The maximum absolute atomic E-state index is 13.7. The maximum atomic E-state index is 13.7. The number of imide groups is 1. The molecule has 2 aliphatic heterocycles. The van der Waals surface area contributed by atoms with E-state index in [2.05, 4.69) is 24.8 Å². The number of carbonyl (C=O) groups excluding carboxylic acids is 2. The van der Waals surface area contributed by atoms with Gasteiger partial charge in [-0.2, -0.15) is 0 Å². The van der Waals surface area contributed by atoms with Gasteiger partial charge in [-0.3, -0.25) is 9.59 Å². The number of anilines is 1. The number of hydrogen-bond acceptors (Lipinski definition) is 3. The SMILES string of the molecule is Cc1cccc(N2C(=O)C(c3ccc(C)cc3C)=C(N3CC(C)CC(C)C3)C2=O)c1. The number of nitrogens with zero attached hydrogens (tertiary/aromatic N) is 2. The number of hydrogen-bond donors (Lipinski definition) is 0. The normalized spacial score (nSPS) is 22.3. The summed E-state index contributed by atoms with van der Waals surface area (Å²) in [6.07, 6.45) is 1.15. The van der Waals surface area contributed by atoms with Crippen molar-refractivity contribution in [3.05, 3.63) is 70.4 Å². The number of likely N-dealkylation sites (tertiary alicyclic amines) is 1. The lowest BCUT2D eigenvalue weighted by Gasteiger charge is -2.37. The van der Waals surface area contributed by atoms with Crippen LogP contribution in [0.5, 0.6) is 0 Å². The summed E-state index contributed by atoms with van der Waals surface area (Å²) >= 11 is 0. The Morgan fingerprint density at radius 1 is 0.833 bits per heavy atom. The molecule has 2 amide bonds. The lowest BCUT2D eigenvalue weighted by Crippen LogP contribution is -2.42. The van der Waals surface area contributed by atoms with Gasteiger partial charge < -0.3 is 4.90 Å². The quantitative estimate of drug-likeness (QED) is 0.688. The molecule has 30 heavy (non-hydrogen) atoms. The number of rotatable bonds is 3. The van der Waals surface area contributed by atoms with Gasteiger partial charge in [-0.05, 0) is 67.9 Å². The molecule has 2 aromatic carbocycles. The highest BCUT2D eigenvalue weighted by atomic mass is 16.2. The fourth-order valence-corrected chi connectivity index (χ4v) is 5.00. The zero-order valence-electron chi connectivity index (χ0n) is 18.5. The van der Waals surface area contributed by atoms with Crippen LogP contribution in [-0.2, 0) is 9.59 Å². The van der Waals surface area contributed by atoms with E-state index in [1.807, 2.05) is 57.2 Å². The molecule has 0 N–H and O–H groups in total. The molecule has 2 atom stereocenters. The third-order valence-electron chi connectivity index (χ3n) is 6.16. The molecular weight excluding hydrogens is 372 g/mol. The molecule has 0 radical (unpaired) electrons. The average Bonchev–Trinajstić information content (AvgIpc) is 2.91. The van der Waals surface area contributed by atoms with Gasteiger partial charge in [-0.15, -0.1) is 0 Å². The van der Waals surface area contributed by atoms with Crippen molar-refractivity contribution in [2.75, 3.05) is 18.0 Å². The summed E-state index contributed by atoms with van der Waals surface area (Å²) in [6.45, 7) is 12.1. The number of aryl methyl sites for hydroxylation is 3. The highest BCUT2D eigenvalue weighted by molar-refractivity contribution is 6.45. The standard InChI is InChI=1S/C26H30N2O2/c1-16-7-6-8-21(13-16)28-25(29)23(22-10-9-17(2)12-20(22)5)24(26(28)30)27-14-18(3)11-19(4)15-27/h6-10,12-13,18-19H,11,14-15H2,1-5H3. The van der Waals surface area contributed by atoms with Crippen LogP contribution in [0.25, 0.3) is 5.57 Å². The van der Waals surface area contributed by atoms with Crippen molar-refractivity contribution in [3.8, 4) is 0 Å².